The summed E-state index contributed by atoms with van der Waals surface area (Å²) in [5.41, 5.74) is 1.51. The van der Waals surface area contributed by atoms with E-state index in [4.69, 9.17) is 4.74 Å². The van der Waals surface area contributed by atoms with Gasteiger partial charge in [-0.05, 0) is 6.92 Å². The number of halogens is 2. The smallest absolute Gasteiger partial charge is 0.250 e. The van der Waals surface area contributed by atoms with Crippen LogP contribution >= 0.6 is 0 Å². The van der Waals surface area contributed by atoms with Crippen molar-refractivity contribution in [1.29, 1.82) is 0 Å². The van der Waals surface area contributed by atoms with Crippen LogP contribution in [0.4, 0.5) is 8.78 Å². The highest BCUT2D eigenvalue weighted by molar-refractivity contribution is 5.26. The Hall–Kier alpha value is -1.23. The van der Waals surface area contributed by atoms with E-state index in [1.807, 2.05) is 6.92 Å². The Morgan fingerprint density at radius 2 is 2.20 bits per heavy atom. The summed E-state index contributed by atoms with van der Waals surface area (Å²) < 4.78 is 28.8. The number of ether oxygens (including phenoxy) is 1. The van der Waals surface area contributed by atoms with Crippen LogP contribution in [0.25, 0.3) is 0 Å². The summed E-state index contributed by atoms with van der Waals surface area (Å²) in [6, 6.07) is 3.52. The molecular weight excluding hydrogens is 202 g/mol. The maximum Gasteiger partial charge on any atom is 0.250 e. The molecule has 5 heteroatoms. The second-order valence-electron chi connectivity index (χ2n) is 3.16. The quantitative estimate of drug-likeness (QED) is 0.814. The molecular formula is C10H14F2N2O. The molecule has 0 spiro atoms. The van der Waals surface area contributed by atoms with Gasteiger partial charge in [-0.15, -0.1) is 0 Å². The minimum absolute atomic E-state index is 0.321. The van der Waals surface area contributed by atoms with Gasteiger partial charge in [0.1, 0.15) is 5.75 Å². The maximum absolute atomic E-state index is 11.9. The summed E-state index contributed by atoms with van der Waals surface area (Å²) in [5.74, 6) is 0.691. The zero-order valence-electron chi connectivity index (χ0n) is 8.76. The zero-order chi connectivity index (χ0) is 11.3. The first-order chi connectivity index (χ1) is 7.11. The molecule has 0 aromatic carbocycles. The number of rotatable bonds is 5. The molecule has 1 aromatic rings. The minimum Gasteiger partial charge on any atom is -0.497 e. The van der Waals surface area contributed by atoms with Crippen molar-refractivity contribution in [2.45, 2.75) is 19.9 Å². The van der Waals surface area contributed by atoms with Gasteiger partial charge in [0.25, 0.3) is 6.43 Å². The Labute approximate surface area is 87.5 Å². The molecule has 0 amide bonds. The first-order valence-electron chi connectivity index (χ1n) is 4.62. The highest BCUT2D eigenvalue weighted by Gasteiger charge is 2.03. The summed E-state index contributed by atoms with van der Waals surface area (Å²) in [6.07, 6.45) is -2.34. The molecule has 1 aromatic heterocycles. The van der Waals surface area contributed by atoms with Gasteiger partial charge in [0.2, 0.25) is 0 Å². The molecule has 1 heterocycles. The van der Waals surface area contributed by atoms with Crippen LogP contribution in [0, 0.1) is 6.92 Å². The van der Waals surface area contributed by atoms with Gasteiger partial charge in [0.05, 0.1) is 19.3 Å². The number of hydrogen-bond donors (Lipinski definition) is 1. The SMILES string of the molecule is COc1cc(C)nc(CNCC(F)F)c1. The number of nitrogens with zero attached hydrogens (tertiary/aromatic N) is 1. The largest absolute Gasteiger partial charge is 0.497 e. The van der Waals surface area contributed by atoms with Crippen molar-refractivity contribution in [1.82, 2.24) is 10.3 Å². The second-order valence-corrected chi connectivity index (χ2v) is 3.16. The highest BCUT2D eigenvalue weighted by atomic mass is 19.3. The maximum atomic E-state index is 11.9. The van der Waals surface area contributed by atoms with E-state index in [-0.39, 0.29) is 6.54 Å². The Morgan fingerprint density at radius 3 is 2.80 bits per heavy atom. The number of nitrogens with one attached hydrogen (secondary N) is 1. The molecule has 0 saturated heterocycles. The van der Waals surface area contributed by atoms with Crippen LogP contribution in [0.5, 0.6) is 5.75 Å². The average molecular weight is 216 g/mol. The first-order valence-corrected chi connectivity index (χ1v) is 4.62. The second kappa shape index (κ2) is 5.60. The van der Waals surface area contributed by atoms with Gasteiger partial charge in [0, 0.05) is 24.4 Å². The molecule has 0 saturated carbocycles. The molecule has 0 aliphatic heterocycles. The van der Waals surface area contributed by atoms with E-state index >= 15 is 0 Å². The van der Waals surface area contributed by atoms with Crippen molar-refractivity contribution in [3.8, 4) is 5.75 Å². The predicted molar refractivity (Wildman–Crippen MR) is 53.2 cm³/mol. The topological polar surface area (TPSA) is 34.1 Å². The van der Waals surface area contributed by atoms with Crippen LogP contribution < -0.4 is 10.1 Å². The van der Waals surface area contributed by atoms with E-state index < -0.39 is 6.43 Å². The van der Waals surface area contributed by atoms with E-state index in [1.165, 1.54) is 0 Å². The number of pyridine rings is 1. The molecule has 1 rings (SSSR count). The summed E-state index contributed by atoms with van der Waals surface area (Å²) in [7, 11) is 1.56. The van der Waals surface area contributed by atoms with Crippen LogP contribution in [0.3, 0.4) is 0 Å². The Balaban J connectivity index is 2.56. The Morgan fingerprint density at radius 1 is 1.47 bits per heavy atom. The van der Waals surface area contributed by atoms with Crippen molar-refractivity contribution in [3.63, 3.8) is 0 Å². The summed E-state index contributed by atoms with van der Waals surface area (Å²) >= 11 is 0. The molecule has 0 bridgehead atoms. The van der Waals surface area contributed by atoms with Crippen molar-refractivity contribution >= 4 is 0 Å². The number of aromatic nitrogens is 1. The minimum atomic E-state index is -2.34. The number of hydrogen-bond acceptors (Lipinski definition) is 3. The first kappa shape index (κ1) is 11.8. The molecule has 0 fully saturated rings. The van der Waals surface area contributed by atoms with Crippen LogP contribution in [-0.4, -0.2) is 25.1 Å². The summed E-state index contributed by atoms with van der Waals surface area (Å²) in [5, 5.41) is 2.61. The third-order valence-electron chi connectivity index (χ3n) is 1.82. The lowest BCUT2D eigenvalue weighted by molar-refractivity contribution is 0.145. The van der Waals surface area contributed by atoms with Gasteiger partial charge in [-0.2, -0.15) is 0 Å². The average Bonchev–Trinajstić information content (AvgIpc) is 2.16. The van der Waals surface area contributed by atoms with Crippen LogP contribution in [0.15, 0.2) is 12.1 Å². The molecule has 0 aliphatic rings. The third-order valence-corrected chi connectivity index (χ3v) is 1.82. The van der Waals surface area contributed by atoms with E-state index in [1.54, 1.807) is 19.2 Å². The lowest BCUT2D eigenvalue weighted by Crippen LogP contribution is -2.21. The summed E-state index contributed by atoms with van der Waals surface area (Å²) in [4.78, 5) is 4.19. The van der Waals surface area contributed by atoms with Gasteiger partial charge in [-0.1, -0.05) is 0 Å². The third kappa shape index (κ3) is 4.20. The van der Waals surface area contributed by atoms with Crippen molar-refractivity contribution in [3.05, 3.63) is 23.5 Å². The fourth-order valence-corrected chi connectivity index (χ4v) is 1.22. The van der Waals surface area contributed by atoms with E-state index in [9.17, 15) is 8.78 Å². The van der Waals surface area contributed by atoms with E-state index in [0.29, 0.717) is 18.0 Å². The van der Waals surface area contributed by atoms with Crippen LogP contribution in [0.1, 0.15) is 11.4 Å². The Kier molecular flexibility index (Phi) is 4.42. The molecule has 0 radical (unpaired) electrons. The molecule has 0 atom stereocenters. The van der Waals surface area contributed by atoms with E-state index in [0.717, 1.165) is 5.69 Å². The highest BCUT2D eigenvalue weighted by Crippen LogP contribution is 2.12. The standard InChI is InChI=1S/C10H14F2N2O/c1-7-3-9(15-2)4-8(14-7)5-13-6-10(11)12/h3-4,10,13H,5-6H2,1-2H3. The molecule has 0 aliphatic carbocycles. The Bertz CT molecular complexity index is 318. The monoisotopic (exact) mass is 216 g/mol. The van der Waals surface area contributed by atoms with Gasteiger partial charge < -0.3 is 10.1 Å². The molecule has 1 N–H and O–H groups in total. The lowest BCUT2D eigenvalue weighted by atomic mass is 10.3. The van der Waals surface area contributed by atoms with E-state index in [2.05, 4.69) is 10.3 Å². The normalized spacial score (nSPS) is 10.7. The predicted octanol–water partition coefficient (Wildman–Crippen LogP) is 1.75. The number of aryl methyl sites for hydroxylation is 1. The van der Waals surface area contributed by atoms with Gasteiger partial charge in [-0.3, -0.25) is 4.98 Å². The van der Waals surface area contributed by atoms with Crippen LogP contribution in [0.2, 0.25) is 0 Å². The van der Waals surface area contributed by atoms with Crippen molar-refractivity contribution < 1.29 is 13.5 Å². The van der Waals surface area contributed by atoms with Gasteiger partial charge in [0.15, 0.2) is 0 Å². The lowest BCUT2D eigenvalue weighted by Gasteiger charge is -2.07. The zero-order valence-corrected chi connectivity index (χ0v) is 8.76. The molecule has 15 heavy (non-hydrogen) atoms. The summed E-state index contributed by atoms with van der Waals surface area (Å²) in [6.45, 7) is 1.83. The van der Waals surface area contributed by atoms with Gasteiger partial charge in [-0.25, -0.2) is 8.78 Å². The van der Waals surface area contributed by atoms with Crippen molar-refractivity contribution in [2.24, 2.45) is 0 Å². The van der Waals surface area contributed by atoms with Gasteiger partial charge >= 0.3 is 0 Å². The number of methoxy groups -OCH3 is 1. The molecule has 3 nitrogen and oxygen atoms in total. The number of alkyl halides is 2. The van der Waals surface area contributed by atoms with Crippen molar-refractivity contribution in [2.75, 3.05) is 13.7 Å². The fraction of sp³-hybridized carbons (Fsp3) is 0.500. The molecule has 0 unspecified atom stereocenters. The van der Waals surface area contributed by atoms with Crippen LogP contribution in [-0.2, 0) is 6.54 Å². The molecule has 84 valence electrons. The fourth-order valence-electron chi connectivity index (χ4n) is 1.22.